The highest BCUT2D eigenvalue weighted by molar-refractivity contribution is 5.24. The Morgan fingerprint density at radius 1 is 1.20 bits per heavy atom. The van der Waals surface area contributed by atoms with Crippen molar-refractivity contribution in [2.75, 3.05) is 0 Å². The number of benzene rings is 1. The molecule has 1 fully saturated rings. The standard InChI is InChI=1S/C17H23N3/c1-3-14-4-6-15(7-5-14)12-20-13(2)16(11-19-20)10-18-17-8-9-17/h4-7,11,17-18H,3,8-10,12H2,1-2H3. The van der Waals surface area contributed by atoms with E-state index in [2.05, 4.69) is 53.2 Å². The van der Waals surface area contributed by atoms with E-state index in [0.717, 1.165) is 25.6 Å². The fourth-order valence-electron chi connectivity index (χ4n) is 2.41. The second kappa shape index (κ2) is 5.80. The summed E-state index contributed by atoms with van der Waals surface area (Å²) in [5.41, 5.74) is 5.30. The topological polar surface area (TPSA) is 29.9 Å². The lowest BCUT2D eigenvalue weighted by Gasteiger charge is -2.07. The highest BCUT2D eigenvalue weighted by Crippen LogP contribution is 2.20. The molecule has 0 bridgehead atoms. The highest BCUT2D eigenvalue weighted by atomic mass is 15.3. The van der Waals surface area contributed by atoms with Gasteiger partial charge in [-0.1, -0.05) is 31.2 Å². The molecule has 1 aliphatic rings. The van der Waals surface area contributed by atoms with E-state index in [0.29, 0.717) is 0 Å². The zero-order valence-electron chi connectivity index (χ0n) is 12.4. The second-order valence-corrected chi connectivity index (χ2v) is 5.74. The van der Waals surface area contributed by atoms with Crippen molar-refractivity contribution in [3.05, 3.63) is 52.8 Å². The van der Waals surface area contributed by atoms with Crippen LogP contribution in [-0.4, -0.2) is 15.8 Å². The van der Waals surface area contributed by atoms with Gasteiger partial charge in [-0.05, 0) is 37.3 Å². The number of nitrogens with one attached hydrogen (secondary N) is 1. The lowest BCUT2D eigenvalue weighted by molar-refractivity contribution is 0.654. The van der Waals surface area contributed by atoms with E-state index < -0.39 is 0 Å². The first-order valence-corrected chi connectivity index (χ1v) is 7.58. The van der Waals surface area contributed by atoms with Gasteiger partial charge in [-0.3, -0.25) is 4.68 Å². The molecule has 0 amide bonds. The van der Waals surface area contributed by atoms with Gasteiger partial charge in [-0.15, -0.1) is 0 Å². The third-order valence-corrected chi connectivity index (χ3v) is 4.13. The maximum atomic E-state index is 4.53. The number of aryl methyl sites for hydroxylation is 1. The van der Waals surface area contributed by atoms with Crippen molar-refractivity contribution in [1.29, 1.82) is 0 Å². The maximum Gasteiger partial charge on any atom is 0.0662 e. The van der Waals surface area contributed by atoms with Crippen LogP contribution in [0.5, 0.6) is 0 Å². The summed E-state index contributed by atoms with van der Waals surface area (Å²) in [6.07, 6.45) is 5.76. The molecule has 106 valence electrons. The van der Waals surface area contributed by atoms with Crippen LogP contribution in [0.15, 0.2) is 30.5 Å². The van der Waals surface area contributed by atoms with Crippen LogP contribution in [0.4, 0.5) is 0 Å². The minimum absolute atomic E-state index is 0.749. The van der Waals surface area contributed by atoms with Crippen molar-refractivity contribution in [1.82, 2.24) is 15.1 Å². The Morgan fingerprint density at radius 3 is 2.55 bits per heavy atom. The molecule has 3 nitrogen and oxygen atoms in total. The third kappa shape index (κ3) is 3.10. The maximum absolute atomic E-state index is 4.53. The number of nitrogens with zero attached hydrogens (tertiary/aromatic N) is 2. The van der Waals surface area contributed by atoms with Gasteiger partial charge in [0.25, 0.3) is 0 Å². The van der Waals surface area contributed by atoms with Crippen molar-refractivity contribution in [3.8, 4) is 0 Å². The van der Waals surface area contributed by atoms with Gasteiger partial charge in [0.2, 0.25) is 0 Å². The molecule has 0 saturated heterocycles. The van der Waals surface area contributed by atoms with Gasteiger partial charge in [0.1, 0.15) is 0 Å². The number of hydrogen-bond acceptors (Lipinski definition) is 2. The van der Waals surface area contributed by atoms with E-state index in [1.54, 1.807) is 0 Å². The molecule has 0 unspecified atom stereocenters. The van der Waals surface area contributed by atoms with E-state index in [9.17, 15) is 0 Å². The summed E-state index contributed by atoms with van der Waals surface area (Å²) in [7, 11) is 0. The van der Waals surface area contributed by atoms with E-state index in [1.165, 1.54) is 35.2 Å². The zero-order chi connectivity index (χ0) is 13.9. The minimum atomic E-state index is 0.749. The summed E-state index contributed by atoms with van der Waals surface area (Å²) in [6.45, 7) is 6.16. The number of aromatic nitrogens is 2. The van der Waals surface area contributed by atoms with Gasteiger partial charge in [0.15, 0.2) is 0 Å². The molecule has 1 aromatic heterocycles. The quantitative estimate of drug-likeness (QED) is 0.873. The molecular formula is C17H23N3. The molecule has 1 aliphatic carbocycles. The summed E-state index contributed by atoms with van der Waals surface area (Å²) in [5.74, 6) is 0. The molecular weight excluding hydrogens is 246 g/mol. The van der Waals surface area contributed by atoms with Crippen LogP contribution in [0.1, 0.15) is 42.1 Å². The van der Waals surface area contributed by atoms with Gasteiger partial charge < -0.3 is 5.32 Å². The summed E-state index contributed by atoms with van der Waals surface area (Å²) in [4.78, 5) is 0. The van der Waals surface area contributed by atoms with Crippen molar-refractivity contribution in [2.45, 2.75) is 52.2 Å². The first-order valence-electron chi connectivity index (χ1n) is 7.58. The van der Waals surface area contributed by atoms with Crippen molar-refractivity contribution in [3.63, 3.8) is 0 Å². The van der Waals surface area contributed by atoms with Gasteiger partial charge in [-0.25, -0.2) is 0 Å². The van der Waals surface area contributed by atoms with Crippen LogP contribution in [0.3, 0.4) is 0 Å². The molecule has 2 aromatic rings. The molecule has 1 heterocycles. The van der Waals surface area contributed by atoms with Crippen molar-refractivity contribution < 1.29 is 0 Å². The predicted molar refractivity (Wildman–Crippen MR) is 81.7 cm³/mol. The Hall–Kier alpha value is -1.61. The third-order valence-electron chi connectivity index (χ3n) is 4.13. The smallest absolute Gasteiger partial charge is 0.0662 e. The fraction of sp³-hybridized carbons (Fsp3) is 0.471. The predicted octanol–water partition coefficient (Wildman–Crippen LogP) is 3.05. The lowest BCUT2D eigenvalue weighted by atomic mass is 10.1. The molecule has 0 radical (unpaired) electrons. The molecule has 1 aromatic carbocycles. The fourth-order valence-corrected chi connectivity index (χ4v) is 2.41. The molecule has 3 rings (SSSR count). The molecule has 20 heavy (non-hydrogen) atoms. The molecule has 1 N–H and O–H groups in total. The summed E-state index contributed by atoms with van der Waals surface area (Å²) in [5, 5.41) is 8.08. The normalized spacial score (nSPS) is 14.7. The molecule has 0 spiro atoms. The summed E-state index contributed by atoms with van der Waals surface area (Å²) in [6, 6.07) is 9.59. The summed E-state index contributed by atoms with van der Waals surface area (Å²) >= 11 is 0. The first-order chi connectivity index (χ1) is 9.76. The van der Waals surface area contributed by atoms with Gasteiger partial charge in [0.05, 0.1) is 12.7 Å². The first kappa shape index (κ1) is 13.4. The second-order valence-electron chi connectivity index (χ2n) is 5.74. The van der Waals surface area contributed by atoms with Crippen LogP contribution >= 0.6 is 0 Å². The van der Waals surface area contributed by atoms with E-state index in [-0.39, 0.29) is 0 Å². The number of hydrogen-bond donors (Lipinski definition) is 1. The summed E-state index contributed by atoms with van der Waals surface area (Å²) < 4.78 is 2.10. The molecule has 1 saturated carbocycles. The van der Waals surface area contributed by atoms with Crippen molar-refractivity contribution in [2.24, 2.45) is 0 Å². The highest BCUT2D eigenvalue weighted by Gasteiger charge is 2.20. The van der Waals surface area contributed by atoms with E-state index in [1.807, 2.05) is 6.20 Å². The SMILES string of the molecule is CCc1ccc(Cn2ncc(CNC3CC3)c2C)cc1. The monoisotopic (exact) mass is 269 g/mol. The van der Waals surface area contributed by atoms with Gasteiger partial charge >= 0.3 is 0 Å². The molecule has 3 heteroatoms. The number of rotatable bonds is 6. The average molecular weight is 269 g/mol. The molecule has 0 aliphatic heterocycles. The van der Waals surface area contributed by atoms with Gasteiger partial charge in [-0.2, -0.15) is 5.10 Å². The van der Waals surface area contributed by atoms with Crippen LogP contribution in [-0.2, 0) is 19.5 Å². The minimum Gasteiger partial charge on any atom is -0.310 e. The van der Waals surface area contributed by atoms with Crippen LogP contribution in [0.25, 0.3) is 0 Å². The molecule has 0 atom stereocenters. The lowest BCUT2D eigenvalue weighted by Crippen LogP contribution is -2.16. The van der Waals surface area contributed by atoms with Crippen LogP contribution in [0, 0.1) is 6.92 Å². The largest absolute Gasteiger partial charge is 0.310 e. The average Bonchev–Trinajstić information content (AvgIpc) is 3.24. The Balaban J connectivity index is 1.66. The van der Waals surface area contributed by atoms with Crippen LogP contribution in [0.2, 0.25) is 0 Å². The zero-order valence-corrected chi connectivity index (χ0v) is 12.4. The Bertz CT molecular complexity index is 564. The van der Waals surface area contributed by atoms with Crippen molar-refractivity contribution >= 4 is 0 Å². The van der Waals surface area contributed by atoms with Gasteiger partial charge in [0, 0.05) is 23.8 Å². The Labute approximate surface area is 121 Å². The Morgan fingerprint density at radius 2 is 1.90 bits per heavy atom. The Kier molecular flexibility index (Phi) is 3.88. The van der Waals surface area contributed by atoms with E-state index >= 15 is 0 Å². The van der Waals surface area contributed by atoms with Crippen LogP contribution < -0.4 is 5.32 Å². The van der Waals surface area contributed by atoms with E-state index in [4.69, 9.17) is 0 Å².